The van der Waals surface area contributed by atoms with E-state index in [-0.39, 0.29) is 12.4 Å². The van der Waals surface area contributed by atoms with Gasteiger partial charge in [-0.1, -0.05) is 0 Å². The highest BCUT2D eigenvalue weighted by atomic mass is 16.5. The van der Waals surface area contributed by atoms with Gasteiger partial charge in [0.2, 0.25) is 0 Å². The molecule has 0 bridgehead atoms. The van der Waals surface area contributed by atoms with Crippen molar-refractivity contribution in [3.63, 3.8) is 0 Å². The zero-order chi connectivity index (χ0) is 9.97. The first-order chi connectivity index (χ1) is 6.75. The van der Waals surface area contributed by atoms with Crippen molar-refractivity contribution in [1.29, 1.82) is 0 Å². The van der Waals surface area contributed by atoms with Crippen LogP contribution in [0.3, 0.4) is 0 Å². The number of aromatic nitrogens is 2. The van der Waals surface area contributed by atoms with Crippen LogP contribution in [-0.2, 0) is 20.9 Å². The van der Waals surface area contributed by atoms with Gasteiger partial charge in [-0.25, -0.2) is 4.98 Å². The average molecular weight is 193 g/mol. The molecule has 2 amide bonds. The molecule has 0 spiro atoms. The summed E-state index contributed by atoms with van der Waals surface area (Å²) in [4.78, 5) is 28.3. The van der Waals surface area contributed by atoms with Gasteiger partial charge in [0.05, 0.1) is 24.3 Å². The minimum Gasteiger partial charge on any atom is -0.481 e. The van der Waals surface area contributed by atoms with E-state index in [2.05, 4.69) is 15.3 Å². The van der Waals surface area contributed by atoms with Gasteiger partial charge in [-0.05, 0) is 0 Å². The molecule has 2 rings (SSSR count). The topological polar surface area (TPSA) is 84.1 Å². The van der Waals surface area contributed by atoms with Crippen LogP contribution >= 0.6 is 0 Å². The average Bonchev–Trinajstić information content (AvgIpc) is 2.72. The number of hydrogen-bond donors (Lipinski definition) is 2. The highest BCUT2D eigenvalue weighted by Crippen LogP contribution is 2.07. The van der Waals surface area contributed by atoms with Crippen LogP contribution in [-0.4, -0.2) is 21.8 Å². The minimum atomic E-state index is -0.505. The second kappa shape index (κ2) is 3.33. The number of H-pyrrole nitrogens is 1. The number of rotatable bonds is 3. The summed E-state index contributed by atoms with van der Waals surface area (Å²) in [6.07, 6.45) is 4.21. The maximum absolute atomic E-state index is 11.0. The Hall–Kier alpha value is -2.11. The molecule has 0 saturated carbocycles. The zero-order valence-corrected chi connectivity index (χ0v) is 7.11. The van der Waals surface area contributed by atoms with Gasteiger partial charge in [0.15, 0.2) is 5.76 Å². The third-order valence-corrected chi connectivity index (χ3v) is 1.66. The largest absolute Gasteiger partial charge is 0.481 e. The van der Waals surface area contributed by atoms with Crippen molar-refractivity contribution in [2.45, 2.75) is 6.61 Å². The maximum Gasteiger partial charge on any atom is 0.293 e. The van der Waals surface area contributed by atoms with E-state index in [1.54, 1.807) is 6.20 Å². The highest BCUT2D eigenvalue weighted by Gasteiger charge is 2.22. The van der Waals surface area contributed by atoms with Gasteiger partial charge in [-0.15, -0.1) is 0 Å². The quantitative estimate of drug-likeness (QED) is 0.632. The van der Waals surface area contributed by atoms with E-state index >= 15 is 0 Å². The van der Waals surface area contributed by atoms with Crippen molar-refractivity contribution in [3.8, 4) is 0 Å². The standard InChI is InChI=1S/C8H7N3O3/c12-7-1-6(8(13)11-7)14-3-5-2-9-4-10-5/h1-2,4H,3H2,(H,9,10)(H,11,12,13). The van der Waals surface area contributed by atoms with Gasteiger partial charge < -0.3 is 9.72 Å². The van der Waals surface area contributed by atoms with Crippen molar-refractivity contribution in [1.82, 2.24) is 15.3 Å². The Morgan fingerprint density at radius 3 is 2.86 bits per heavy atom. The van der Waals surface area contributed by atoms with E-state index < -0.39 is 11.8 Å². The molecule has 0 fully saturated rings. The summed E-state index contributed by atoms with van der Waals surface area (Å²) in [5.41, 5.74) is 0.734. The molecule has 1 aromatic heterocycles. The Morgan fingerprint density at radius 1 is 1.43 bits per heavy atom. The molecule has 0 saturated heterocycles. The Morgan fingerprint density at radius 2 is 2.29 bits per heavy atom. The Balaban J connectivity index is 1.96. The Bertz CT molecular complexity index is 394. The molecular formula is C8H7N3O3. The number of imidazole rings is 1. The molecule has 72 valence electrons. The second-order valence-electron chi connectivity index (χ2n) is 2.69. The number of carbonyl (C=O) groups is 2. The van der Waals surface area contributed by atoms with Crippen LogP contribution in [0.2, 0.25) is 0 Å². The predicted molar refractivity (Wildman–Crippen MR) is 44.6 cm³/mol. The molecule has 6 nitrogen and oxygen atoms in total. The van der Waals surface area contributed by atoms with E-state index in [4.69, 9.17) is 4.74 Å². The molecule has 1 aromatic rings. The molecule has 14 heavy (non-hydrogen) atoms. The van der Waals surface area contributed by atoms with Gasteiger partial charge in [-0.3, -0.25) is 14.9 Å². The van der Waals surface area contributed by atoms with E-state index in [0.717, 1.165) is 11.8 Å². The third kappa shape index (κ3) is 1.63. The van der Waals surface area contributed by atoms with Crippen LogP contribution in [0.25, 0.3) is 0 Å². The molecular weight excluding hydrogens is 186 g/mol. The molecule has 0 aromatic carbocycles. The number of nitrogens with zero attached hydrogens (tertiary/aromatic N) is 1. The summed E-state index contributed by atoms with van der Waals surface area (Å²) in [5.74, 6) is -0.922. The number of hydrogen-bond acceptors (Lipinski definition) is 4. The number of nitrogens with one attached hydrogen (secondary N) is 2. The SMILES string of the molecule is O=C1C=C(OCc2cnc[nH]2)C(=O)N1. The molecule has 0 unspecified atom stereocenters. The van der Waals surface area contributed by atoms with Crippen molar-refractivity contribution in [2.75, 3.05) is 0 Å². The van der Waals surface area contributed by atoms with Gasteiger partial charge in [0.25, 0.3) is 11.8 Å². The lowest BCUT2D eigenvalue weighted by Gasteiger charge is -2.01. The third-order valence-electron chi connectivity index (χ3n) is 1.66. The van der Waals surface area contributed by atoms with Crippen LogP contribution < -0.4 is 5.32 Å². The van der Waals surface area contributed by atoms with E-state index in [0.29, 0.717) is 0 Å². The summed E-state index contributed by atoms with van der Waals surface area (Å²) < 4.78 is 5.09. The van der Waals surface area contributed by atoms with Crippen molar-refractivity contribution < 1.29 is 14.3 Å². The summed E-state index contributed by atoms with van der Waals surface area (Å²) in [6, 6.07) is 0. The normalized spacial score (nSPS) is 15.3. The fourth-order valence-corrected chi connectivity index (χ4v) is 1.02. The molecule has 2 N–H and O–H groups in total. The van der Waals surface area contributed by atoms with Gasteiger partial charge in [-0.2, -0.15) is 0 Å². The molecule has 0 radical (unpaired) electrons. The number of ether oxygens (including phenoxy) is 1. The van der Waals surface area contributed by atoms with Crippen LogP contribution in [0, 0.1) is 0 Å². The summed E-state index contributed by atoms with van der Waals surface area (Å²) in [7, 11) is 0. The highest BCUT2D eigenvalue weighted by molar-refractivity contribution is 6.15. The Kier molecular flexibility index (Phi) is 2.02. The number of imide groups is 1. The lowest BCUT2D eigenvalue weighted by molar-refractivity contribution is -0.125. The molecule has 6 heteroatoms. The lowest BCUT2D eigenvalue weighted by Crippen LogP contribution is -2.22. The van der Waals surface area contributed by atoms with Gasteiger partial charge in [0, 0.05) is 0 Å². The first kappa shape index (κ1) is 8.49. The number of amides is 2. The van der Waals surface area contributed by atoms with Gasteiger partial charge in [0.1, 0.15) is 6.61 Å². The molecule has 0 aliphatic carbocycles. The lowest BCUT2D eigenvalue weighted by atomic mass is 10.4. The smallest absolute Gasteiger partial charge is 0.293 e. The summed E-state index contributed by atoms with van der Waals surface area (Å²) >= 11 is 0. The van der Waals surface area contributed by atoms with E-state index in [1.165, 1.54) is 6.33 Å². The summed E-state index contributed by atoms with van der Waals surface area (Å²) in [5, 5.41) is 2.08. The second-order valence-corrected chi connectivity index (χ2v) is 2.69. The van der Waals surface area contributed by atoms with Crippen LogP contribution in [0.5, 0.6) is 0 Å². The summed E-state index contributed by atoms with van der Waals surface area (Å²) in [6.45, 7) is 0.187. The van der Waals surface area contributed by atoms with Crippen molar-refractivity contribution in [2.24, 2.45) is 0 Å². The minimum absolute atomic E-state index is 0.0320. The van der Waals surface area contributed by atoms with Crippen molar-refractivity contribution in [3.05, 3.63) is 30.1 Å². The molecule has 1 aliphatic heterocycles. The maximum atomic E-state index is 11.0. The first-order valence-corrected chi connectivity index (χ1v) is 3.93. The first-order valence-electron chi connectivity index (χ1n) is 3.93. The molecule has 2 heterocycles. The van der Waals surface area contributed by atoms with E-state index in [1.807, 2.05) is 0 Å². The van der Waals surface area contributed by atoms with Crippen LogP contribution in [0.4, 0.5) is 0 Å². The fourth-order valence-electron chi connectivity index (χ4n) is 1.02. The van der Waals surface area contributed by atoms with Crippen LogP contribution in [0.1, 0.15) is 5.69 Å². The molecule has 0 atom stereocenters. The zero-order valence-electron chi connectivity index (χ0n) is 7.11. The predicted octanol–water partition coefficient (Wildman–Crippen LogP) is -0.533. The fraction of sp³-hybridized carbons (Fsp3) is 0.125. The molecule has 1 aliphatic rings. The van der Waals surface area contributed by atoms with Crippen LogP contribution in [0.15, 0.2) is 24.4 Å². The van der Waals surface area contributed by atoms with Gasteiger partial charge >= 0.3 is 0 Å². The number of carbonyl (C=O) groups excluding carboxylic acids is 2. The Labute approximate surface area is 79.0 Å². The monoisotopic (exact) mass is 193 g/mol. The number of aromatic amines is 1. The van der Waals surface area contributed by atoms with Crippen molar-refractivity contribution >= 4 is 11.8 Å². The van der Waals surface area contributed by atoms with E-state index in [9.17, 15) is 9.59 Å².